The number of aldehydes is 1. The minimum absolute atomic E-state index is 0.0409. The molecule has 1 aliphatic rings. The van der Waals surface area contributed by atoms with Crippen molar-refractivity contribution < 1.29 is 13.6 Å². The summed E-state index contributed by atoms with van der Waals surface area (Å²) in [5.41, 5.74) is 0.155. The molecule has 1 fully saturated rings. The molecule has 2 rings (SSSR count). The zero-order valence-electron chi connectivity index (χ0n) is 9.20. The normalized spacial score (nSPS) is 16.3. The Kier molecular flexibility index (Phi) is 3.63. The van der Waals surface area contributed by atoms with Gasteiger partial charge in [-0.2, -0.15) is 0 Å². The van der Waals surface area contributed by atoms with Crippen molar-refractivity contribution in [1.82, 2.24) is 10.3 Å². The van der Waals surface area contributed by atoms with Gasteiger partial charge in [0.2, 0.25) is 0 Å². The van der Waals surface area contributed by atoms with Crippen LogP contribution in [0.5, 0.6) is 0 Å². The van der Waals surface area contributed by atoms with E-state index in [0.29, 0.717) is 25.1 Å². The van der Waals surface area contributed by atoms with Crippen LogP contribution < -0.4 is 10.2 Å². The molecule has 0 amide bonds. The summed E-state index contributed by atoms with van der Waals surface area (Å²) < 4.78 is 25.8. The Morgan fingerprint density at radius 3 is 2.65 bits per heavy atom. The number of nitrogens with zero attached hydrogens (tertiary/aromatic N) is 2. The number of aromatic nitrogens is 1. The Morgan fingerprint density at radius 2 is 2.06 bits per heavy atom. The lowest BCUT2D eigenvalue weighted by Gasteiger charge is -2.30. The molecule has 0 radical (unpaired) electrons. The molecule has 0 aliphatic carbocycles. The first-order valence-corrected chi connectivity index (χ1v) is 5.42. The quantitative estimate of drug-likeness (QED) is 0.809. The van der Waals surface area contributed by atoms with Crippen LogP contribution >= 0.6 is 0 Å². The van der Waals surface area contributed by atoms with Crippen LogP contribution in [0.4, 0.5) is 14.5 Å². The van der Waals surface area contributed by atoms with Crippen molar-refractivity contribution in [3.63, 3.8) is 0 Å². The van der Waals surface area contributed by atoms with E-state index in [-0.39, 0.29) is 11.4 Å². The lowest BCUT2D eigenvalue weighted by molar-refractivity contribution is 0.111. The van der Waals surface area contributed by atoms with Gasteiger partial charge in [0.05, 0.1) is 5.69 Å². The number of nitrogens with one attached hydrogen (secondary N) is 1. The van der Waals surface area contributed by atoms with Crippen molar-refractivity contribution in [2.24, 2.45) is 0 Å². The van der Waals surface area contributed by atoms with Crippen LogP contribution in [-0.4, -0.2) is 37.4 Å². The van der Waals surface area contributed by atoms with Crippen molar-refractivity contribution in [3.8, 4) is 0 Å². The first kappa shape index (κ1) is 11.9. The number of anilines is 1. The second-order valence-electron chi connectivity index (χ2n) is 3.80. The number of halogens is 2. The first-order chi connectivity index (χ1) is 8.22. The molecule has 0 saturated carbocycles. The zero-order valence-corrected chi connectivity index (χ0v) is 9.20. The van der Waals surface area contributed by atoms with E-state index >= 15 is 0 Å². The number of hydrogen-bond donors (Lipinski definition) is 1. The van der Waals surface area contributed by atoms with E-state index < -0.39 is 6.43 Å². The van der Waals surface area contributed by atoms with E-state index in [0.717, 1.165) is 13.1 Å². The Hall–Kier alpha value is -1.56. The molecule has 17 heavy (non-hydrogen) atoms. The first-order valence-electron chi connectivity index (χ1n) is 5.42. The topological polar surface area (TPSA) is 45.2 Å². The van der Waals surface area contributed by atoms with Gasteiger partial charge < -0.3 is 10.2 Å². The molecular weight excluding hydrogens is 228 g/mol. The average molecular weight is 241 g/mol. The third-order valence-electron chi connectivity index (χ3n) is 2.71. The fraction of sp³-hybridized carbons (Fsp3) is 0.455. The van der Waals surface area contributed by atoms with Crippen LogP contribution in [-0.2, 0) is 0 Å². The molecule has 1 aliphatic heterocycles. The van der Waals surface area contributed by atoms with Gasteiger partial charge in [-0.25, -0.2) is 13.8 Å². The van der Waals surface area contributed by atoms with Crippen LogP contribution in [0, 0.1) is 0 Å². The van der Waals surface area contributed by atoms with Crippen LogP contribution in [0.25, 0.3) is 0 Å². The number of rotatable bonds is 3. The molecule has 1 aromatic heterocycles. The lowest BCUT2D eigenvalue weighted by Crippen LogP contribution is -2.44. The van der Waals surface area contributed by atoms with Crippen molar-refractivity contribution in [3.05, 3.63) is 23.5 Å². The molecule has 0 atom stereocenters. The molecule has 0 unspecified atom stereocenters. The molecule has 2 heterocycles. The number of hydrogen-bond acceptors (Lipinski definition) is 4. The number of carbonyl (C=O) groups is 1. The average Bonchev–Trinajstić information content (AvgIpc) is 2.39. The SMILES string of the molecule is O=Cc1ccc(N2CCNCC2)c(C(F)F)n1. The van der Waals surface area contributed by atoms with E-state index in [4.69, 9.17) is 0 Å². The Bertz CT molecular complexity index is 406. The molecule has 1 saturated heterocycles. The van der Waals surface area contributed by atoms with Crippen molar-refractivity contribution in [2.75, 3.05) is 31.1 Å². The van der Waals surface area contributed by atoms with Gasteiger partial charge in [0.1, 0.15) is 11.4 Å². The zero-order chi connectivity index (χ0) is 12.3. The van der Waals surface area contributed by atoms with Gasteiger partial charge in [0.15, 0.2) is 6.29 Å². The summed E-state index contributed by atoms with van der Waals surface area (Å²) in [6.45, 7) is 2.86. The summed E-state index contributed by atoms with van der Waals surface area (Å²) in [6.07, 6.45) is -2.19. The smallest absolute Gasteiger partial charge is 0.282 e. The van der Waals surface area contributed by atoms with Gasteiger partial charge in [-0.3, -0.25) is 4.79 Å². The summed E-state index contributed by atoms with van der Waals surface area (Å²) in [5.74, 6) is 0. The van der Waals surface area contributed by atoms with Gasteiger partial charge in [0.25, 0.3) is 6.43 Å². The molecule has 92 valence electrons. The molecule has 0 spiro atoms. The third kappa shape index (κ3) is 2.58. The molecule has 1 N–H and O–H groups in total. The fourth-order valence-electron chi connectivity index (χ4n) is 1.88. The van der Waals surface area contributed by atoms with Crippen LogP contribution in [0.1, 0.15) is 22.6 Å². The van der Waals surface area contributed by atoms with Crippen LogP contribution in [0.3, 0.4) is 0 Å². The Morgan fingerprint density at radius 1 is 1.35 bits per heavy atom. The predicted molar refractivity (Wildman–Crippen MR) is 59.7 cm³/mol. The third-order valence-corrected chi connectivity index (χ3v) is 2.71. The maximum absolute atomic E-state index is 12.9. The highest BCUT2D eigenvalue weighted by molar-refractivity contribution is 5.73. The van der Waals surface area contributed by atoms with Gasteiger partial charge in [-0.05, 0) is 12.1 Å². The largest absolute Gasteiger partial charge is 0.367 e. The van der Waals surface area contributed by atoms with Gasteiger partial charge >= 0.3 is 0 Å². The van der Waals surface area contributed by atoms with E-state index in [1.807, 2.05) is 4.90 Å². The standard InChI is InChI=1S/C11H13F2N3O/c12-11(13)10-9(2-1-8(7-17)15-10)16-5-3-14-4-6-16/h1-2,7,11,14H,3-6H2. The number of carbonyl (C=O) groups excluding carboxylic acids is 1. The summed E-state index contributed by atoms with van der Waals surface area (Å²) in [4.78, 5) is 16.1. The molecule has 4 nitrogen and oxygen atoms in total. The monoisotopic (exact) mass is 241 g/mol. The number of alkyl halides is 2. The molecule has 1 aromatic rings. The summed E-state index contributed by atoms with van der Waals surface area (Å²) in [6, 6.07) is 3.01. The Balaban J connectivity index is 2.34. The predicted octanol–water partition coefficient (Wildman–Crippen LogP) is 1.24. The van der Waals surface area contributed by atoms with Crippen LogP contribution in [0.15, 0.2) is 12.1 Å². The van der Waals surface area contributed by atoms with E-state index in [2.05, 4.69) is 10.3 Å². The minimum Gasteiger partial charge on any atom is -0.367 e. The second-order valence-corrected chi connectivity index (χ2v) is 3.80. The summed E-state index contributed by atoms with van der Waals surface area (Å²) in [7, 11) is 0. The summed E-state index contributed by atoms with van der Waals surface area (Å²) >= 11 is 0. The summed E-state index contributed by atoms with van der Waals surface area (Å²) in [5, 5.41) is 3.15. The molecule has 0 aromatic carbocycles. The lowest BCUT2D eigenvalue weighted by atomic mass is 10.2. The molecule has 0 bridgehead atoms. The van der Waals surface area contributed by atoms with Gasteiger partial charge in [0, 0.05) is 26.2 Å². The van der Waals surface area contributed by atoms with E-state index in [1.54, 1.807) is 6.07 Å². The van der Waals surface area contributed by atoms with E-state index in [9.17, 15) is 13.6 Å². The van der Waals surface area contributed by atoms with Gasteiger partial charge in [-0.1, -0.05) is 0 Å². The Labute approximate surface area is 97.6 Å². The fourth-order valence-corrected chi connectivity index (χ4v) is 1.88. The number of pyridine rings is 1. The van der Waals surface area contributed by atoms with Crippen molar-refractivity contribution >= 4 is 12.0 Å². The highest BCUT2D eigenvalue weighted by Crippen LogP contribution is 2.28. The number of piperazine rings is 1. The highest BCUT2D eigenvalue weighted by Gasteiger charge is 2.21. The molecule has 6 heteroatoms. The van der Waals surface area contributed by atoms with Gasteiger partial charge in [-0.15, -0.1) is 0 Å². The maximum atomic E-state index is 12.9. The minimum atomic E-state index is -2.67. The van der Waals surface area contributed by atoms with Crippen molar-refractivity contribution in [1.29, 1.82) is 0 Å². The highest BCUT2D eigenvalue weighted by atomic mass is 19.3. The second kappa shape index (κ2) is 5.18. The molecular formula is C11H13F2N3O. The van der Waals surface area contributed by atoms with Crippen LogP contribution in [0.2, 0.25) is 0 Å². The van der Waals surface area contributed by atoms with Crippen molar-refractivity contribution in [2.45, 2.75) is 6.43 Å². The van der Waals surface area contributed by atoms with E-state index in [1.165, 1.54) is 6.07 Å². The maximum Gasteiger partial charge on any atom is 0.282 e.